The third-order valence-electron chi connectivity index (χ3n) is 3.35. The number of carbonyl (C=O) groups excluding carboxylic acids is 2. The number of benzene rings is 2. The first-order valence-electron chi connectivity index (χ1n) is 6.53. The molecule has 0 unspecified atom stereocenters. The summed E-state index contributed by atoms with van der Waals surface area (Å²) in [5.41, 5.74) is 1.56. The predicted octanol–water partition coefficient (Wildman–Crippen LogP) is 2.11. The topological polar surface area (TPSA) is 75.6 Å². The number of cyclic esters (lactones) is 1. The fourth-order valence-corrected chi connectivity index (χ4v) is 2.27. The molecular formula is C16H13NO4. The number of esters is 1. The molecule has 106 valence electrons. The molecule has 0 fully saturated rings. The molecule has 5 heteroatoms. The number of hydrogen-bond acceptors (Lipinski definition) is 4. The van der Waals surface area contributed by atoms with Crippen molar-refractivity contribution in [2.75, 3.05) is 5.32 Å². The Morgan fingerprint density at radius 2 is 1.86 bits per heavy atom. The number of nitrogens with one attached hydrogen (secondary N) is 1. The maximum Gasteiger partial charge on any atom is 0.339 e. The van der Waals surface area contributed by atoms with E-state index in [9.17, 15) is 14.7 Å². The molecule has 21 heavy (non-hydrogen) atoms. The molecule has 2 aromatic rings. The van der Waals surface area contributed by atoms with Crippen LogP contribution in [0.2, 0.25) is 0 Å². The second-order valence-electron chi connectivity index (χ2n) is 4.76. The molecule has 1 atom stereocenters. The Hall–Kier alpha value is -2.82. The number of hydrogen-bond donors (Lipinski definition) is 2. The molecule has 0 spiro atoms. The summed E-state index contributed by atoms with van der Waals surface area (Å²) in [5.74, 6) is -0.998. The average Bonchev–Trinajstić information content (AvgIpc) is 2.49. The maximum atomic E-state index is 12.2. The number of phenols is 1. The van der Waals surface area contributed by atoms with Crippen molar-refractivity contribution in [1.82, 2.24) is 0 Å². The predicted molar refractivity (Wildman–Crippen MR) is 76.1 cm³/mol. The van der Waals surface area contributed by atoms with Gasteiger partial charge in [-0.1, -0.05) is 30.3 Å². The van der Waals surface area contributed by atoms with Crippen molar-refractivity contribution >= 4 is 17.6 Å². The summed E-state index contributed by atoms with van der Waals surface area (Å²) < 4.78 is 5.15. The Balaban J connectivity index is 1.78. The molecule has 0 bridgehead atoms. The zero-order valence-electron chi connectivity index (χ0n) is 11.1. The van der Waals surface area contributed by atoms with E-state index in [0.29, 0.717) is 12.0 Å². The standard InChI is InChI=1S/C16H13NO4/c18-13-8-4-3-7-12(13)17-15(19)14-9-10-5-1-2-6-11(10)16(20)21-14/h1-8,14,18H,9H2,(H,17,19)/t14-/m1/s1. The number of amides is 1. The minimum atomic E-state index is -0.896. The van der Waals surface area contributed by atoms with E-state index < -0.39 is 18.0 Å². The molecule has 1 heterocycles. The molecule has 2 aromatic carbocycles. The van der Waals surface area contributed by atoms with Gasteiger partial charge in [0.25, 0.3) is 5.91 Å². The van der Waals surface area contributed by atoms with Gasteiger partial charge in [0.15, 0.2) is 6.10 Å². The van der Waals surface area contributed by atoms with Crippen molar-refractivity contribution in [3.63, 3.8) is 0 Å². The van der Waals surface area contributed by atoms with Gasteiger partial charge in [0.2, 0.25) is 0 Å². The quantitative estimate of drug-likeness (QED) is 0.654. The first-order valence-corrected chi connectivity index (χ1v) is 6.53. The summed E-state index contributed by atoms with van der Waals surface area (Å²) in [6.45, 7) is 0. The van der Waals surface area contributed by atoms with Crippen LogP contribution in [0.15, 0.2) is 48.5 Å². The van der Waals surface area contributed by atoms with E-state index >= 15 is 0 Å². The van der Waals surface area contributed by atoms with Gasteiger partial charge >= 0.3 is 5.97 Å². The first kappa shape index (κ1) is 13.2. The highest BCUT2D eigenvalue weighted by Crippen LogP contribution is 2.24. The van der Waals surface area contributed by atoms with E-state index in [-0.39, 0.29) is 11.4 Å². The lowest BCUT2D eigenvalue weighted by Gasteiger charge is -2.23. The molecular weight excluding hydrogens is 270 g/mol. The smallest absolute Gasteiger partial charge is 0.339 e. The second-order valence-corrected chi connectivity index (χ2v) is 4.76. The second kappa shape index (κ2) is 5.28. The number of para-hydroxylation sites is 2. The van der Waals surface area contributed by atoms with Gasteiger partial charge in [-0.05, 0) is 23.8 Å². The third-order valence-corrected chi connectivity index (χ3v) is 3.35. The van der Waals surface area contributed by atoms with E-state index in [0.717, 1.165) is 5.56 Å². The van der Waals surface area contributed by atoms with E-state index in [1.807, 2.05) is 6.07 Å². The summed E-state index contributed by atoms with van der Waals surface area (Å²) in [4.78, 5) is 24.0. The molecule has 5 nitrogen and oxygen atoms in total. The van der Waals surface area contributed by atoms with Crippen LogP contribution in [0.4, 0.5) is 5.69 Å². The molecule has 0 radical (unpaired) electrons. The molecule has 0 aromatic heterocycles. The number of aromatic hydroxyl groups is 1. The van der Waals surface area contributed by atoms with Crippen LogP contribution >= 0.6 is 0 Å². The lowest BCUT2D eigenvalue weighted by Crippen LogP contribution is -2.37. The molecule has 1 aliphatic heterocycles. The van der Waals surface area contributed by atoms with Crippen molar-refractivity contribution in [2.24, 2.45) is 0 Å². The van der Waals surface area contributed by atoms with Gasteiger partial charge in [-0.15, -0.1) is 0 Å². The van der Waals surface area contributed by atoms with E-state index in [1.54, 1.807) is 36.4 Å². The first-order chi connectivity index (χ1) is 10.1. The van der Waals surface area contributed by atoms with E-state index in [4.69, 9.17) is 4.74 Å². The van der Waals surface area contributed by atoms with Crippen LogP contribution in [-0.4, -0.2) is 23.1 Å². The number of rotatable bonds is 2. The fourth-order valence-electron chi connectivity index (χ4n) is 2.27. The Bertz CT molecular complexity index is 711. The normalized spacial score (nSPS) is 16.8. The van der Waals surface area contributed by atoms with Crippen LogP contribution in [0.3, 0.4) is 0 Å². The van der Waals surface area contributed by atoms with Crippen molar-refractivity contribution in [2.45, 2.75) is 12.5 Å². The van der Waals surface area contributed by atoms with Gasteiger partial charge < -0.3 is 15.2 Å². The minimum Gasteiger partial charge on any atom is -0.506 e. The molecule has 3 rings (SSSR count). The molecule has 2 N–H and O–H groups in total. The van der Waals surface area contributed by atoms with Crippen LogP contribution in [-0.2, 0) is 16.0 Å². The van der Waals surface area contributed by atoms with Gasteiger partial charge in [-0.3, -0.25) is 4.79 Å². The summed E-state index contributed by atoms with van der Waals surface area (Å²) in [7, 11) is 0. The zero-order chi connectivity index (χ0) is 14.8. The van der Waals surface area contributed by atoms with E-state index in [1.165, 1.54) is 6.07 Å². The van der Waals surface area contributed by atoms with Crippen LogP contribution in [0.5, 0.6) is 5.75 Å². The Morgan fingerprint density at radius 1 is 1.14 bits per heavy atom. The number of ether oxygens (including phenoxy) is 1. The molecule has 0 aliphatic carbocycles. The van der Waals surface area contributed by atoms with E-state index in [2.05, 4.69) is 5.32 Å². The van der Waals surface area contributed by atoms with Crippen LogP contribution in [0, 0.1) is 0 Å². The largest absolute Gasteiger partial charge is 0.506 e. The molecule has 0 saturated carbocycles. The zero-order valence-corrected chi connectivity index (χ0v) is 11.1. The minimum absolute atomic E-state index is 0.0339. The third kappa shape index (κ3) is 2.58. The number of phenolic OH excluding ortho intramolecular Hbond substituents is 1. The monoisotopic (exact) mass is 283 g/mol. The fraction of sp³-hybridized carbons (Fsp3) is 0.125. The van der Waals surface area contributed by atoms with Gasteiger partial charge in [0.1, 0.15) is 5.75 Å². The van der Waals surface area contributed by atoms with Gasteiger partial charge in [0.05, 0.1) is 11.3 Å². The van der Waals surface area contributed by atoms with Crippen LogP contribution in [0.1, 0.15) is 15.9 Å². The lowest BCUT2D eigenvalue weighted by atomic mass is 9.98. The molecule has 1 aliphatic rings. The number of anilines is 1. The molecule has 1 amide bonds. The summed E-state index contributed by atoms with van der Waals surface area (Å²) >= 11 is 0. The SMILES string of the molecule is O=C1O[C@@H](C(=O)Nc2ccccc2O)Cc2ccccc21. The average molecular weight is 283 g/mol. The lowest BCUT2D eigenvalue weighted by molar-refractivity contribution is -0.125. The maximum absolute atomic E-state index is 12.2. The summed E-state index contributed by atoms with van der Waals surface area (Å²) in [6.07, 6.45) is -0.576. The highest BCUT2D eigenvalue weighted by Gasteiger charge is 2.31. The molecule has 0 saturated heterocycles. The van der Waals surface area contributed by atoms with Crippen LogP contribution in [0.25, 0.3) is 0 Å². The Kier molecular flexibility index (Phi) is 3.31. The van der Waals surface area contributed by atoms with Crippen molar-refractivity contribution < 1.29 is 19.4 Å². The number of carbonyl (C=O) groups is 2. The highest BCUT2D eigenvalue weighted by molar-refractivity contribution is 6.00. The van der Waals surface area contributed by atoms with Crippen molar-refractivity contribution in [1.29, 1.82) is 0 Å². The Morgan fingerprint density at radius 3 is 2.67 bits per heavy atom. The van der Waals surface area contributed by atoms with Gasteiger partial charge in [0, 0.05) is 6.42 Å². The van der Waals surface area contributed by atoms with Crippen molar-refractivity contribution in [3.8, 4) is 5.75 Å². The number of fused-ring (bicyclic) bond motifs is 1. The Labute approximate surface area is 121 Å². The van der Waals surface area contributed by atoms with Gasteiger partial charge in [-0.2, -0.15) is 0 Å². The van der Waals surface area contributed by atoms with Crippen LogP contribution < -0.4 is 5.32 Å². The van der Waals surface area contributed by atoms with Gasteiger partial charge in [-0.25, -0.2) is 4.79 Å². The highest BCUT2D eigenvalue weighted by atomic mass is 16.5. The van der Waals surface area contributed by atoms with Crippen molar-refractivity contribution in [3.05, 3.63) is 59.7 Å². The summed E-state index contributed by atoms with van der Waals surface area (Å²) in [6, 6.07) is 13.4. The summed E-state index contributed by atoms with van der Waals surface area (Å²) in [5, 5.41) is 12.2.